The molecule has 0 fully saturated rings. The van der Waals surface area contributed by atoms with E-state index in [0.717, 1.165) is 11.1 Å². The average molecular weight is 991 g/mol. The summed E-state index contributed by atoms with van der Waals surface area (Å²) < 4.78 is 28.1. The number of imide groups is 2. The molecule has 0 saturated carbocycles. The summed E-state index contributed by atoms with van der Waals surface area (Å²) in [6.45, 7) is 7.38. The van der Waals surface area contributed by atoms with Gasteiger partial charge in [0.2, 0.25) is 0 Å². The standard InChI is InChI=1S/C66H42N2O8/c1-6-40-30-38(4)62(39(5)31-40)68-65(71)47-34-51(75-43-26-15-9-16-27-43)57-55-49(73-41-22-11-7-12-23-41)32-45-53-46(64(70)67(63(45)69)61-36(2)20-19-21-37(61)3)33-50(74-42-24-13-8-14-25-42)56(59(53)55)58-52(76-44-28-17-10-18-29-44)35-48(66(68)72)54(47)60(57)58/h1,7-35H,2-5H3. The SMILES string of the molecule is C#Cc1cc(C)c(N2C(=O)c3cc(Oc4ccccc4)c4c5c(Oc6ccccc6)cc6c7c(cc(Oc8ccccc8)c(c8c(Oc9ccccc9)cc(c3c48)C2=O)c75)C(=O)N(c2c(C)cccc2C)C6=O)c(C)c1. The molecule has 10 nitrogen and oxygen atoms in total. The summed E-state index contributed by atoms with van der Waals surface area (Å²) in [5, 5.41) is 3.20. The summed E-state index contributed by atoms with van der Waals surface area (Å²) in [7, 11) is 0. The van der Waals surface area contributed by atoms with Gasteiger partial charge in [-0.15, -0.1) is 6.42 Å². The summed E-state index contributed by atoms with van der Waals surface area (Å²) in [5.41, 5.74) is 4.93. The van der Waals surface area contributed by atoms with Gasteiger partial charge in [0.25, 0.3) is 23.6 Å². The lowest BCUT2D eigenvalue weighted by Gasteiger charge is -2.33. The molecule has 2 heterocycles. The Bertz CT molecular complexity index is 4100. The Kier molecular flexibility index (Phi) is 10.5. The third kappa shape index (κ3) is 6.97. The average Bonchev–Trinajstić information content (AvgIpc) is 3.55. The van der Waals surface area contributed by atoms with Gasteiger partial charge in [0.05, 0.1) is 33.6 Å². The number of rotatable bonds is 10. The van der Waals surface area contributed by atoms with E-state index in [4.69, 9.17) is 25.4 Å². The molecule has 0 aromatic heterocycles. The molecule has 0 N–H and O–H groups in total. The molecule has 13 rings (SSSR count). The number of anilines is 2. The van der Waals surface area contributed by atoms with Crippen molar-refractivity contribution < 1.29 is 38.1 Å². The predicted octanol–water partition coefficient (Wildman–Crippen LogP) is 15.7. The number of aryl methyl sites for hydroxylation is 4. The third-order valence-electron chi connectivity index (χ3n) is 14.3. The van der Waals surface area contributed by atoms with E-state index >= 15 is 19.2 Å². The van der Waals surface area contributed by atoms with Crippen LogP contribution in [0.15, 0.2) is 176 Å². The van der Waals surface area contributed by atoms with Crippen molar-refractivity contribution in [3.8, 4) is 58.3 Å². The Balaban J connectivity index is 1.26. The highest BCUT2D eigenvalue weighted by Gasteiger charge is 2.43. The van der Waals surface area contributed by atoms with E-state index in [9.17, 15) is 0 Å². The van der Waals surface area contributed by atoms with E-state index < -0.39 is 23.6 Å². The zero-order valence-electron chi connectivity index (χ0n) is 41.5. The van der Waals surface area contributed by atoms with Crippen LogP contribution in [-0.2, 0) is 0 Å². The van der Waals surface area contributed by atoms with Gasteiger partial charge in [0.15, 0.2) is 0 Å². The molecule has 76 heavy (non-hydrogen) atoms. The summed E-state index contributed by atoms with van der Waals surface area (Å²) in [5.74, 6) is 3.06. The summed E-state index contributed by atoms with van der Waals surface area (Å²) in [6, 6.07) is 52.6. The minimum atomic E-state index is -0.593. The quantitative estimate of drug-likeness (QED) is 0.0576. The molecule has 364 valence electrons. The van der Waals surface area contributed by atoms with Crippen LogP contribution in [0.4, 0.5) is 11.4 Å². The van der Waals surface area contributed by atoms with Crippen molar-refractivity contribution in [2.75, 3.05) is 9.80 Å². The minimum Gasteiger partial charge on any atom is -0.457 e. The van der Waals surface area contributed by atoms with Gasteiger partial charge in [-0.3, -0.25) is 19.2 Å². The molecule has 10 heteroatoms. The number of nitrogens with zero attached hydrogens (tertiary/aromatic N) is 2. The van der Waals surface area contributed by atoms with Crippen molar-refractivity contribution in [3.05, 3.63) is 226 Å². The number of carbonyl (C=O) groups is 4. The minimum absolute atomic E-state index is 0.173. The molecule has 2 aliphatic rings. The van der Waals surface area contributed by atoms with Gasteiger partial charge in [-0.25, -0.2) is 9.80 Å². The topological polar surface area (TPSA) is 112 Å². The smallest absolute Gasteiger partial charge is 0.266 e. The largest absolute Gasteiger partial charge is 0.457 e. The van der Waals surface area contributed by atoms with Crippen LogP contribution >= 0.6 is 0 Å². The molecule has 0 saturated heterocycles. The molecular weight excluding hydrogens is 949 g/mol. The van der Waals surface area contributed by atoms with Crippen LogP contribution in [0.3, 0.4) is 0 Å². The van der Waals surface area contributed by atoms with Gasteiger partial charge in [-0.2, -0.15) is 0 Å². The van der Waals surface area contributed by atoms with Crippen LogP contribution in [0.1, 0.15) is 69.2 Å². The molecule has 11 aromatic carbocycles. The fourth-order valence-corrected chi connectivity index (χ4v) is 11.2. The van der Waals surface area contributed by atoms with Crippen LogP contribution in [0.2, 0.25) is 0 Å². The number of amides is 4. The van der Waals surface area contributed by atoms with Crippen molar-refractivity contribution in [1.29, 1.82) is 0 Å². The van der Waals surface area contributed by atoms with Crippen LogP contribution in [0, 0.1) is 40.0 Å². The van der Waals surface area contributed by atoms with Crippen molar-refractivity contribution in [2.45, 2.75) is 27.7 Å². The number of terminal acetylenes is 1. The second-order valence-corrected chi connectivity index (χ2v) is 19.1. The lowest BCUT2D eigenvalue weighted by molar-refractivity contribution is 0.0877. The Labute approximate surface area is 436 Å². The fraction of sp³-hybridized carbons (Fsp3) is 0.0606. The zero-order valence-corrected chi connectivity index (χ0v) is 41.5. The first-order valence-corrected chi connectivity index (χ1v) is 24.7. The van der Waals surface area contributed by atoms with Gasteiger partial charge in [0, 0.05) is 48.7 Å². The maximum atomic E-state index is 15.7. The van der Waals surface area contributed by atoms with Gasteiger partial charge < -0.3 is 18.9 Å². The third-order valence-corrected chi connectivity index (χ3v) is 14.3. The molecule has 0 aliphatic carbocycles. The maximum Gasteiger partial charge on any atom is 0.266 e. The van der Waals surface area contributed by atoms with E-state index in [1.165, 1.54) is 9.80 Å². The predicted molar refractivity (Wildman–Crippen MR) is 296 cm³/mol. The monoisotopic (exact) mass is 990 g/mol. The number of carbonyl (C=O) groups excluding carboxylic acids is 4. The zero-order chi connectivity index (χ0) is 52.1. The van der Waals surface area contributed by atoms with E-state index in [2.05, 4.69) is 5.92 Å². The molecule has 2 aliphatic heterocycles. The molecule has 0 atom stereocenters. The molecule has 0 bridgehead atoms. The lowest BCUT2D eigenvalue weighted by Crippen LogP contribution is -2.41. The van der Waals surface area contributed by atoms with Gasteiger partial charge in [-0.1, -0.05) is 96.9 Å². The van der Waals surface area contributed by atoms with E-state index in [0.29, 0.717) is 94.2 Å². The van der Waals surface area contributed by atoms with E-state index in [1.54, 1.807) is 60.7 Å². The number of fused-ring (bicyclic) bond motifs is 2. The van der Waals surface area contributed by atoms with Crippen molar-refractivity contribution in [2.24, 2.45) is 0 Å². The van der Waals surface area contributed by atoms with Crippen LogP contribution in [0.25, 0.3) is 43.1 Å². The Hall–Kier alpha value is -10.2. The molecule has 11 aromatic rings. The molecular formula is C66H42N2O8. The summed E-state index contributed by atoms with van der Waals surface area (Å²) >= 11 is 0. The van der Waals surface area contributed by atoms with Crippen LogP contribution < -0.4 is 28.7 Å². The van der Waals surface area contributed by atoms with Gasteiger partial charge >= 0.3 is 0 Å². The summed E-state index contributed by atoms with van der Waals surface area (Å²) in [4.78, 5) is 65.0. The molecule has 0 unspecified atom stereocenters. The lowest BCUT2D eigenvalue weighted by atomic mass is 9.80. The number of hydrogen-bond donors (Lipinski definition) is 0. The number of benzene rings is 11. The number of hydrogen-bond acceptors (Lipinski definition) is 8. The molecule has 0 radical (unpaired) electrons. The number of para-hydroxylation sites is 5. The first-order chi connectivity index (χ1) is 37.0. The molecule has 4 amide bonds. The Morgan fingerprint density at radius 2 is 0.605 bits per heavy atom. The first-order valence-electron chi connectivity index (χ1n) is 24.7. The van der Waals surface area contributed by atoms with Crippen molar-refractivity contribution in [1.82, 2.24) is 0 Å². The second kappa shape index (κ2) is 17.5. The second-order valence-electron chi connectivity index (χ2n) is 19.1. The van der Waals surface area contributed by atoms with Crippen molar-refractivity contribution >= 4 is 78.1 Å². The van der Waals surface area contributed by atoms with Gasteiger partial charge in [0.1, 0.15) is 46.0 Å². The van der Waals surface area contributed by atoms with Crippen molar-refractivity contribution in [3.63, 3.8) is 0 Å². The highest BCUT2D eigenvalue weighted by Crippen LogP contribution is 2.58. The Morgan fingerprint density at radius 3 is 0.882 bits per heavy atom. The first kappa shape index (κ1) is 45.6. The van der Waals surface area contributed by atoms with Gasteiger partial charge in [-0.05, 0) is 135 Å². The summed E-state index contributed by atoms with van der Waals surface area (Å²) in [6.07, 6.45) is 5.86. The maximum absolute atomic E-state index is 15.7. The molecule has 0 spiro atoms. The fourth-order valence-electron chi connectivity index (χ4n) is 11.2. The highest BCUT2D eigenvalue weighted by atomic mass is 16.5. The van der Waals surface area contributed by atoms with E-state index in [-0.39, 0.29) is 45.3 Å². The number of ether oxygens (including phenoxy) is 4. The normalized spacial score (nSPS) is 13.0. The highest BCUT2D eigenvalue weighted by molar-refractivity contribution is 6.48. The van der Waals surface area contributed by atoms with Crippen LogP contribution in [-0.4, -0.2) is 23.6 Å². The van der Waals surface area contributed by atoms with Crippen LogP contribution in [0.5, 0.6) is 46.0 Å². The van der Waals surface area contributed by atoms with E-state index in [1.807, 2.05) is 143 Å². The Morgan fingerprint density at radius 1 is 0.329 bits per heavy atom.